The van der Waals surface area contributed by atoms with Crippen LogP contribution >= 0.6 is 11.8 Å². The Morgan fingerprint density at radius 2 is 1.79 bits per heavy atom. The third-order valence-corrected chi connectivity index (χ3v) is 7.08. The molecule has 110 valence electrons. The van der Waals surface area contributed by atoms with Crippen molar-refractivity contribution in [2.24, 2.45) is 0 Å². The third-order valence-electron chi connectivity index (χ3n) is 3.60. The minimum absolute atomic E-state index is 0.311. The van der Waals surface area contributed by atoms with Crippen molar-refractivity contribution in [1.29, 1.82) is 0 Å². The predicted molar refractivity (Wildman–Crippen MR) is 74.1 cm³/mol. The second-order valence-electron chi connectivity index (χ2n) is 4.94. The van der Waals surface area contributed by atoms with Gasteiger partial charge in [0, 0.05) is 18.8 Å². The van der Waals surface area contributed by atoms with Gasteiger partial charge in [0.15, 0.2) is 0 Å². The van der Waals surface area contributed by atoms with E-state index in [2.05, 4.69) is 0 Å². The van der Waals surface area contributed by atoms with Crippen LogP contribution in [0.1, 0.15) is 32.6 Å². The van der Waals surface area contributed by atoms with Crippen LogP contribution < -0.4 is 0 Å². The Morgan fingerprint density at radius 3 is 2.32 bits per heavy atom. The quantitative estimate of drug-likeness (QED) is 0.840. The lowest BCUT2D eigenvalue weighted by Crippen LogP contribution is -2.51. The van der Waals surface area contributed by atoms with Crippen molar-refractivity contribution in [3.05, 3.63) is 0 Å². The van der Waals surface area contributed by atoms with Gasteiger partial charge in [0.25, 0.3) is 10.2 Å². The van der Waals surface area contributed by atoms with Gasteiger partial charge >= 0.3 is 5.97 Å². The Bertz CT molecular complexity index is 432. The molecule has 2 fully saturated rings. The number of nitrogens with zero attached hydrogens (tertiary/aromatic N) is 2. The van der Waals surface area contributed by atoms with Crippen molar-refractivity contribution in [2.45, 2.75) is 44.0 Å². The maximum Gasteiger partial charge on any atom is 0.322 e. The Labute approximate surface area is 118 Å². The lowest BCUT2D eigenvalue weighted by Gasteiger charge is -2.30. The predicted octanol–water partition coefficient (Wildman–Crippen LogP) is 0.955. The van der Waals surface area contributed by atoms with Crippen molar-refractivity contribution in [3.8, 4) is 0 Å². The number of thioether (sulfide) groups is 1. The molecule has 2 atom stereocenters. The molecule has 0 aromatic carbocycles. The van der Waals surface area contributed by atoms with Crippen molar-refractivity contribution in [3.63, 3.8) is 0 Å². The molecule has 0 radical (unpaired) electrons. The molecule has 0 amide bonds. The number of hydrogen-bond donors (Lipinski definition) is 1. The van der Waals surface area contributed by atoms with Crippen molar-refractivity contribution in [1.82, 2.24) is 8.61 Å². The minimum Gasteiger partial charge on any atom is -0.480 e. The van der Waals surface area contributed by atoms with Crippen LogP contribution in [0.5, 0.6) is 0 Å². The van der Waals surface area contributed by atoms with Crippen molar-refractivity contribution >= 4 is 27.9 Å². The van der Waals surface area contributed by atoms with E-state index >= 15 is 0 Å². The number of hydrogen-bond acceptors (Lipinski definition) is 4. The van der Waals surface area contributed by atoms with Gasteiger partial charge in [-0.25, -0.2) is 0 Å². The summed E-state index contributed by atoms with van der Waals surface area (Å²) in [6.45, 7) is 2.76. The summed E-state index contributed by atoms with van der Waals surface area (Å²) in [7, 11) is -3.66. The van der Waals surface area contributed by atoms with E-state index in [1.807, 2.05) is 0 Å². The van der Waals surface area contributed by atoms with Crippen molar-refractivity contribution < 1.29 is 18.3 Å². The molecular formula is C11H20N2O4S2. The van der Waals surface area contributed by atoms with E-state index in [1.165, 1.54) is 20.4 Å². The second kappa shape index (κ2) is 5.99. The smallest absolute Gasteiger partial charge is 0.322 e. The first-order valence-electron chi connectivity index (χ1n) is 6.57. The first-order chi connectivity index (χ1) is 8.94. The Kier molecular flexibility index (Phi) is 4.75. The summed E-state index contributed by atoms with van der Waals surface area (Å²) in [5.41, 5.74) is 0. The molecule has 6 nitrogen and oxygen atoms in total. The molecule has 0 aliphatic carbocycles. The Balaban J connectivity index is 2.23. The first kappa shape index (κ1) is 15.1. The molecule has 0 bridgehead atoms. The maximum atomic E-state index is 12.6. The molecule has 0 aromatic rings. The normalized spacial score (nSPS) is 31.2. The Morgan fingerprint density at radius 1 is 1.21 bits per heavy atom. The van der Waals surface area contributed by atoms with Gasteiger partial charge in [-0.15, -0.1) is 11.8 Å². The molecule has 0 saturated carbocycles. The molecule has 2 heterocycles. The van der Waals surface area contributed by atoms with Crippen LogP contribution in [0.4, 0.5) is 0 Å². The highest BCUT2D eigenvalue weighted by Gasteiger charge is 2.46. The summed E-state index contributed by atoms with van der Waals surface area (Å²) in [4.78, 5) is 11.2. The van der Waals surface area contributed by atoms with E-state index in [4.69, 9.17) is 0 Å². The highest BCUT2D eigenvalue weighted by atomic mass is 32.2. The standard InChI is InChI=1S/C11H20N2O4S2/c1-9-13(10(8-18-9)11(14)15)19(16,17)12-6-4-2-3-5-7-12/h9-10H,2-8H2,1H3,(H,14,15). The zero-order valence-electron chi connectivity index (χ0n) is 11.0. The van der Waals surface area contributed by atoms with Crippen LogP contribution in [0, 0.1) is 0 Å². The van der Waals surface area contributed by atoms with Crippen LogP contribution in [0.25, 0.3) is 0 Å². The molecule has 19 heavy (non-hydrogen) atoms. The highest BCUT2D eigenvalue weighted by molar-refractivity contribution is 8.01. The summed E-state index contributed by atoms with van der Waals surface area (Å²) in [6.07, 6.45) is 3.79. The van der Waals surface area contributed by atoms with E-state index in [-0.39, 0.29) is 5.37 Å². The highest BCUT2D eigenvalue weighted by Crippen LogP contribution is 2.33. The average molecular weight is 308 g/mol. The van der Waals surface area contributed by atoms with Gasteiger partial charge < -0.3 is 5.11 Å². The van der Waals surface area contributed by atoms with E-state index in [1.54, 1.807) is 6.92 Å². The summed E-state index contributed by atoms with van der Waals surface area (Å²) in [5, 5.41) is 8.87. The number of rotatable bonds is 3. The van der Waals surface area contributed by atoms with Crippen LogP contribution in [0.15, 0.2) is 0 Å². The van der Waals surface area contributed by atoms with Gasteiger partial charge in [-0.1, -0.05) is 12.8 Å². The number of carboxylic acid groups (broad SMARTS) is 1. The van der Waals surface area contributed by atoms with Gasteiger partial charge in [0.05, 0.1) is 5.37 Å². The zero-order valence-corrected chi connectivity index (χ0v) is 12.6. The molecule has 2 rings (SSSR count). The number of carbonyl (C=O) groups is 1. The zero-order chi connectivity index (χ0) is 14.0. The first-order valence-corrected chi connectivity index (χ1v) is 9.02. The molecule has 1 N–H and O–H groups in total. The van der Waals surface area contributed by atoms with Gasteiger partial charge in [0.1, 0.15) is 6.04 Å². The van der Waals surface area contributed by atoms with Gasteiger partial charge in [0.2, 0.25) is 0 Å². The largest absolute Gasteiger partial charge is 0.480 e. The van der Waals surface area contributed by atoms with Crippen molar-refractivity contribution in [2.75, 3.05) is 18.8 Å². The molecule has 0 spiro atoms. The fourth-order valence-electron chi connectivity index (χ4n) is 2.56. The molecule has 2 aliphatic heterocycles. The minimum atomic E-state index is -3.66. The summed E-state index contributed by atoms with van der Waals surface area (Å²) >= 11 is 1.38. The van der Waals surface area contributed by atoms with E-state index in [0.717, 1.165) is 25.7 Å². The van der Waals surface area contributed by atoms with Crippen LogP contribution in [-0.2, 0) is 15.0 Å². The van der Waals surface area contributed by atoms with Crippen LogP contribution in [-0.4, -0.2) is 58.4 Å². The number of carboxylic acids is 1. The molecule has 8 heteroatoms. The molecule has 2 unspecified atom stereocenters. The summed E-state index contributed by atoms with van der Waals surface area (Å²) < 4.78 is 27.9. The van der Waals surface area contributed by atoms with E-state index in [0.29, 0.717) is 18.8 Å². The number of aliphatic carboxylic acids is 1. The molecular weight excluding hydrogens is 288 g/mol. The average Bonchev–Trinajstić information content (AvgIpc) is 2.58. The second-order valence-corrected chi connectivity index (χ2v) is 8.12. The SMILES string of the molecule is CC1SCC(C(=O)O)N1S(=O)(=O)N1CCCCCC1. The summed E-state index contributed by atoms with van der Waals surface area (Å²) in [5.74, 6) is -0.737. The topological polar surface area (TPSA) is 77.9 Å². The van der Waals surface area contributed by atoms with E-state index < -0.39 is 22.2 Å². The lowest BCUT2D eigenvalue weighted by molar-refractivity contribution is -0.140. The van der Waals surface area contributed by atoms with Gasteiger partial charge in [-0.2, -0.15) is 17.0 Å². The molecule has 0 aromatic heterocycles. The fourth-order valence-corrected chi connectivity index (χ4v) is 6.07. The Hall–Kier alpha value is -0.310. The van der Waals surface area contributed by atoms with Gasteiger partial charge in [-0.05, 0) is 19.8 Å². The molecule has 2 saturated heterocycles. The summed E-state index contributed by atoms with van der Waals surface area (Å²) in [6, 6.07) is -0.937. The molecule has 2 aliphatic rings. The van der Waals surface area contributed by atoms with Gasteiger partial charge in [-0.3, -0.25) is 4.79 Å². The van der Waals surface area contributed by atoms with Crippen LogP contribution in [0.2, 0.25) is 0 Å². The third kappa shape index (κ3) is 3.07. The van der Waals surface area contributed by atoms with E-state index in [9.17, 15) is 18.3 Å². The maximum absolute atomic E-state index is 12.6. The lowest BCUT2D eigenvalue weighted by atomic mass is 10.2. The van der Waals surface area contributed by atoms with Crippen LogP contribution in [0.3, 0.4) is 0 Å². The monoisotopic (exact) mass is 308 g/mol. The fraction of sp³-hybridized carbons (Fsp3) is 0.909.